The number of ether oxygens (including phenoxy) is 1. The zero-order valence-corrected chi connectivity index (χ0v) is 13.4. The largest absolute Gasteiger partial charge is 0.383 e. The minimum absolute atomic E-state index is 0.215. The molecule has 0 radical (unpaired) electrons. The molecule has 102 valence electrons. The van der Waals surface area contributed by atoms with E-state index < -0.39 is 10.0 Å². The molecule has 0 aliphatic heterocycles. The maximum absolute atomic E-state index is 12.4. The van der Waals surface area contributed by atoms with Crippen molar-refractivity contribution in [1.29, 1.82) is 0 Å². The summed E-state index contributed by atoms with van der Waals surface area (Å²) in [6, 6.07) is 4.98. The monoisotopic (exact) mass is 335 g/mol. The fraction of sp³-hybridized carbons (Fsp3) is 0.500. The van der Waals surface area contributed by atoms with Crippen molar-refractivity contribution in [3.05, 3.63) is 28.2 Å². The summed E-state index contributed by atoms with van der Waals surface area (Å²) in [7, 11) is -0.386. The maximum Gasteiger partial charge on any atom is 0.244 e. The van der Waals surface area contributed by atoms with Crippen LogP contribution >= 0.6 is 15.9 Å². The Morgan fingerprint density at radius 2 is 2.06 bits per heavy atom. The predicted octanol–water partition coefficient (Wildman–Crippen LogP) is 2.41. The van der Waals surface area contributed by atoms with Crippen LogP contribution < -0.4 is 0 Å². The van der Waals surface area contributed by atoms with E-state index in [0.717, 1.165) is 5.56 Å². The Balaban J connectivity index is 3.13. The van der Waals surface area contributed by atoms with Crippen LogP contribution in [0.4, 0.5) is 0 Å². The molecule has 0 heterocycles. The zero-order valence-electron chi connectivity index (χ0n) is 11.0. The molecule has 1 unspecified atom stereocenters. The second kappa shape index (κ2) is 6.14. The molecule has 1 aromatic carbocycles. The summed E-state index contributed by atoms with van der Waals surface area (Å²) in [6.07, 6.45) is 0. The summed E-state index contributed by atoms with van der Waals surface area (Å²) >= 11 is 3.30. The lowest BCUT2D eigenvalue weighted by Gasteiger charge is -2.24. The molecule has 0 aromatic heterocycles. The number of sulfonamides is 1. The molecule has 1 atom stereocenters. The molecule has 6 heteroatoms. The number of hydrogen-bond acceptors (Lipinski definition) is 3. The van der Waals surface area contributed by atoms with Gasteiger partial charge in [-0.1, -0.05) is 6.07 Å². The van der Waals surface area contributed by atoms with Gasteiger partial charge in [-0.25, -0.2) is 8.42 Å². The van der Waals surface area contributed by atoms with E-state index in [2.05, 4.69) is 15.9 Å². The number of halogens is 1. The van der Waals surface area contributed by atoms with Crippen molar-refractivity contribution in [1.82, 2.24) is 4.31 Å². The average molecular weight is 336 g/mol. The van der Waals surface area contributed by atoms with E-state index in [1.165, 1.54) is 4.31 Å². The first-order valence-corrected chi connectivity index (χ1v) is 7.77. The Morgan fingerprint density at radius 1 is 1.44 bits per heavy atom. The van der Waals surface area contributed by atoms with Crippen molar-refractivity contribution < 1.29 is 13.2 Å². The second-order valence-electron chi connectivity index (χ2n) is 4.26. The van der Waals surface area contributed by atoms with E-state index in [4.69, 9.17) is 4.74 Å². The third-order valence-electron chi connectivity index (χ3n) is 2.77. The quantitative estimate of drug-likeness (QED) is 0.830. The molecular formula is C12H18BrNO3S. The van der Waals surface area contributed by atoms with Gasteiger partial charge in [0, 0.05) is 24.7 Å². The van der Waals surface area contributed by atoms with Crippen molar-refractivity contribution in [2.24, 2.45) is 0 Å². The lowest BCUT2D eigenvalue weighted by atomic mass is 10.2. The summed E-state index contributed by atoms with van der Waals surface area (Å²) < 4.78 is 31.7. The van der Waals surface area contributed by atoms with Crippen LogP contribution in [0.1, 0.15) is 12.5 Å². The molecule has 4 nitrogen and oxygen atoms in total. The molecule has 0 saturated carbocycles. The highest BCUT2D eigenvalue weighted by Crippen LogP contribution is 2.26. The van der Waals surface area contributed by atoms with E-state index in [1.807, 2.05) is 13.8 Å². The summed E-state index contributed by atoms with van der Waals surface area (Å²) in [5, 5.41) is 0. The summed E-state index contributed by atoms with van der Waals surface area (Å²) in [4.78, 5) is 0.276. The Kier molecular flexibility index (Phi) is 5.33. The highest BCUT2D eigenvalue weighted by atomic mass is 79.9. The lowest BCUT2D eigenvalue weighted by Crippen LogP contribution is -2.37. The van der Waals surface area contributed by atoms with Crippen LogP contribution in [0.2, 0.25) is 0 Å². The van der Waals surface area contributed by atoms with E-state index >= 15 is 0 Å². The van der Waals surface area contributed by atoms with E-state index in [0.29, 0.717) is 11.1 Å². The van der Waals surface area contributed by atoms with Crippen LogP contribution in [0.15, 0.2) is 27.6 Å². The summed E-state index contributed by atoms with van der Waals surface area (Å²) in [5.74, 6) is 0. The highest BCUT2D eigenvalue weighted by molar-refractivity contribution is 9.10. The fourth-order valence-electron chi connectivity index (χ4n) is 1.55. The number of rotatable bonds is 5. The molecule has 0 N–H and O–H groups in total. The van der Waals surface area contributed by atoms with E-state index in [-0.39, 0.29) is 10.9 Å². The third-order valence-corrected chi connectivity index (χ3v) is 5.72. The predicted molar refractivity (Wildman–Crippen MR) is 75.2 cm³/mol. The highest BCUT2D eigenvalue weighted by Gasteiger charge is 2.27. The van der Waals surface area contributed by atoms with Crippen molar-refractivity contribution in [3.63, 3.8) is 0 Å². The van der Waals surface area contributed by atoms with Crippen molar-refractivity contribution in [3.8, 4) is 0 Å². The SMILES string of the molecule is COCC(C)N(C)S(=O)(=O)c1ccc(C)cc1Br. The van der Waals surface area contributed by atoms with Gasteiger partial charge < -0.3 is 4.74 Å². The van der Waals surface area contributed by atoms with Gasteiger partial charge in [0.1, 0.15) is 0 Å². The van der Waals surface area contributed by atoms with Crippen LogP contribution in [0.5, 0.6) is 0 Å². The van der Waals surface area contributed by atoms with Gasteiger partial charge >= 0.3 is 0 Å². The Morgan fingerprint density at radius 3 is 2.56 bits per heavy atom. The third kappa shape index (κ3) is 3.32. The Bertz CT molecular complexity index is 516. The van der Waals surface area contributed by atoms with Crippen molar-refractivity contribution in [2.45, 2.75) is 24.8 Å². The lowest BCUT2D eigenvalue weighted by molar-refractivity contribution is 0.149. The van der Waals surface area contributed by atoms with Crippen LogP contribution in [0.25, 0.3) is 0 Å². The minimum atomic E-state index is -3.50. The number of hydrogen-bond donors (Lipinski definition) is 0. The molecule has 0 aliphatic rings. The first kappa shape index (κ1) is 15.6. The van der Waals surface area contributed by atoms with Gasteiger partial charge in [0.15, 0.2) is 0 Å². The number of methoxy groups -OCH3 is 1. The van der Waals surface area contributed by atoms with Gasteiger partial charge in [-0.2, -0.15) is 4.31 Å². The standard InChI is InChI=1S/C12H18BrNO3S/c1-9-5-6-12(11(13)7-9)18(15,16)14(3)10(2)8-17-4/h5-7,10H,8H2,1-4H3. The van der Waals surface area contributed by atoms with Gasteiger partial charge in [-0.05, 0) is 47.5 Å². The molecular weight excluding hydrogens is 318 g/mol. The molecule has 0 amide bonds. The van der Waals surface area contributed by atoms with E-state index in [1.54, 1.807) is 32.4 Å². The molecule has 0 fully saturated rings. The smallest absolute Gasteiger partial charge is 0.244 e. The van der Waals surface area contributed by atoms with Gasteiger partial charge in [-0.15, -0.1) is 0 Å². The van der Waals surface area contributed by atoms with Gasteiger partial charge in [-0.3, -0.25) is 0 Å². The van der Waals surface area contributed by atoms with Gasteiger partial charge in [0.2, 0.25) is 10.0 Å². The molecule has 0 bridgehead atoms. The van der Waals surface area contributed by atoms with E-state index in [9.17, 15) is 8.42 Å². The summed E-state index contributed by atoms with van der Waals surface area (Å²) in [5.41, 5.74) is 1.01. The van der Waals surface area contributed by atoms with Crippen molar-refractivity contribution in [2.75, 3.05) is 20.8 Å². The molecule has 1 aromatic rings. The number of likely N-dealkylation sites (N-methyl/N-ethyl adjacent to an activating group) is 1. The molecule has 0 spiro atoms. The second-order valence-corrected chi connectivity index (χ2v) is 7.08. The number of benzene rings is 1. The zero-order chi connectivity index (χ0) is 13.9. The number of aryl methyl sites for hydroxylation is 1. The first-order chi connectivity index (χ1) is 8.30. The Labute approximate surface area is 117 Å². The van der Waals surface area contributed by atoms with Crippen LogP contribution in [0, 0.1) is 6.92 Å². The van der Waals surface area contributed by atoms with Crippen LogP contribution in [0.3, 0.4) is 0 Å². The molecule has 18 heavy (non-hydrogen) atoms. The van der Waals surface area contributed by atoms with Gasteiger partial charge in [0.25, 0.3) is 0 Å². The van der Waals surface area contributed by atoms with Crippen LogP contribution in [-0.4, -0.2) is 39.5 Å². The molecule has 0 aliphatic carbocycles. The molecule has 1 rings (SSSR count). The van der Waals surface area contributed by atoms with Crippen LogP contribution in [-0.2, 0) is 14.8 Å². The minimum Gasteiger partial charge on any atom is -0.383 e. The summed E-state index contributed by atoms with van der Waals surface area (Å²) in [6.45, 7) is 4.08. The first-order valence-electron chi connectivity index (χ1n) is 5.53. The topological polar surface area (TPSA) is 46.6 Å². The van der Waals surface area contributed by atoms with Crippen molar-refractivity contribution >= 4 is 26.0 Å². The number of nitrogens with zero attached hydrogens (tertiary/aromatic N) is 1. The fourth-order valence-corrected chi connectivity index (χ4v) is 4.05. The molecule has 0 saturated heterocycles. The maximum atomic E-state index is 12.4. The average Bonchev–Trinajstić information content (AvgIpc) is 2.27. The van der Waals surface area contributed by atoms with Gasteiger partial charge in [0.05, 0.1) is 11.5 Å². The Hall–Kier alpha value is -0.430. The normalized spacial score (nSPS) is 13.9.